The minimum Gasteiger partial charge on any atom is -0.497 e. The van der Waals surface area contributed by atoms with E-state index in [9.17, 15) is 8.42 Å². The van der Waals surface area contributed by atoms with Gasteiger partial charge in [-0.1, -0.05) is 22.9 Å². The van der Waals surface area contributed by atoms with Crippen LogP contribution in [-0.2, 0) is 10.0 Å². The van der Waals surface area contributed by atoms with Crippen molar-refractivity contribution >= 4 is 32.0 Å². The molecule has 4 heterocycles. The monoisotopic (exact) mass is 512 g/mol. The van der Waals surface area contributed by atoms with E-state index in [4.69, 9.17) is 9.26 Å². The van der Waals surface area contributed by atoms with Crippen LogP contribution in [0.25, 0.3) is 44.3 Å². The Balaban J connectivity index is 1.73. The van der Waals surface area contributed by atoms with Crippen LogP contribution in [0.1, 0.15) is 17.0 Å². The van der Waals surface area contributed by atoms with Gasteiger partial charge in [0.25, 0.3) is 10.0 Å². The highest BCUT2D eigenvalue weighted by Gasteiger charge is 2.28. The zero-order valence-corrected chi connectivity index (χ0v) is 21.6. The maximum Gasteiger partial charge on any atom is 0.269 e. The second-order valence-electron chi connectivity index (χ2n) is 9.02. The molecule has 0 aliphatic heterocycles. The lowest BCUT2D eigenvalue weighted by Gasteiger charge is -2.12. The van der Waals surface area contributed by atoms with E-state index in [-0.39, 0.29) is 4.90 Å². The molecule has 0 radical (unpaired) electrons. The SMILES string of the molecule is COc1ccc2[nH]cc(-c3cc4c(-c5c(C)noc5C)ccnc4n3S(=O)(=O)c3ccc(C)cc3)c2c1. The van der Waals surface area contributed by atoms with Crippen molar-refractivity contribution in [1.82, 2.24) is 19.1 Å². The molecule has 9 heteroatoms. The lowest BCUT2D eigenvalue weighted by Crippen LogP contribution is -2.14. The molecule has 6 rings (SSSR count). The van der Waals surface area contributed by atoms with Gasteiger partial charge in [-0.3, -0.25) is 0 Å². The number of H-pyrrole nitrogens is 1. The van der Waals surface area contributed by atoms with E-state index in [0.29, 0.717) is 33.8 Å². The van der Waals surface area contributed by atoms with Crippen LogP contribution in [0.15, 0.2) is 76.4 Å². The number of methoxy groups -OCH3 is 1. The van der Waals surface area contributed by atoms with Gasteiger partial charge in [0, 0.05) is 39.8 Å². The predicted octanol–water partition coefficient (Wildman–Crippen LogP) is 6.01. The quantitative estimate of drug-likeness (QED) is 0.303. The van der Waals surface area contributed by atoms with Crippen LogP contribution in [0.3, 0.4) is 0 Å². The number of hydrogen-bond donors (Lipinski definition) is 1. The number of fused-ring (bicyclic) bond motifs is 2. The lowest BCUT2D eigenvalue weighted by atomic mass is 10.0. The Bertz CT molecular complexity index is 1890. The van der Waals surface area contributed by atoms with Crippen LogP contribution in [0.5, 0.6) is 5.75 Å². The molecule has 0 saturated heterocycles. The average Bonchev–Trinajstić information content (AvgIpc) is 3.58. The number of nitrogens with one attached hydrogen (secondary N) is 1. The number of pyridine rings is 1. The van der Waals surface area contributed by atoms with Crippen LogP contribution < -0.4 is 4.74 Å². The minimum atomic E-state index is -4.02. The molecule has 0 amide bonds. The molecule has 4 aromatic heterocycles. The van der Waals surface area contributed by atoms with Crippen molar-refractivity contribution in [1.29, 1.82) is 0 Å². The van der Waals surface area contributed by atoms with E-state index < -0.39 is 10.0 Å². The maximum absolute atomic E-state index is 14.2. The second kappa shape index (κ2) is 8.35. The van der Waals surface area contributed by atoms with Crippen molar-refractivity contribution in [3.8, 4) is 28.1 Å². The van der Waals surface area contributed by atoms with Crippen LogP contribution >= 0.6 is 0 Å². The van der Waals surface area contributed by atoms with Gasteiger partial charge < -0.3 is 14.2 Å². The van der Waals surface area contributed by atoms with E-state index in [1.807, 2.05) is 57.3 Å². The molecule has 0 aliphatic rings. The summed E-state index contributed by atoms with van der Waals surface area (Å²) in [6, 6.07) is 16.2. The van der Waals surface area contributed by atoms with Gasteiger partial charge in [-0.25, -0.2) is 17.4 Å². The van der Waals surface area contributed by atoms with Gasteiger partial charge in [0.2, 0.25) is 0 Å². The van der Waals surface area contributed by atoms with Gasteiger partial charge in [0.15, 0.2) is 5.65 Å². The molecule has 0 bridgehead atoms. The number of nitrogens with zero attached hydrogens (tertiary/aromatic N) is 3. The standard InChI is InChI=1S/C28H24N4O4S/c1-16-5-8-20(9-6-16)37(33,34)32-26(24-15-30-25-10-7-19(35-4)13-22(24)25)14-23-21(11-12-29-28(23)32)27-17(2)31-36-18(27)3/h5-15,30H,1-4H3. The number of hydrogen-bond acceptors (Lipinski definition) is 6. The zero-order chi connectivity index (χ0) is 25.9. The van der Waals surface area contributed by atoms with Gasteiger partial charge in [0.1, 0.15) is 11.5 Å². The Labute approximate surface area is 213 Å². The molecule has 0 aliphatic carbocycles. The zero-order valence-electron chi connectivity index (χ0n) is 20.7. The molecule has 2 aromatic carbocycles. The topological polar surface area (TPSA) is 103 Å². The van der Waals surface area contributed by atoms with Crippen molar-refractivity contribution in [3.63, 3.8) is 0 Å². The summed E-state index contributed by atoms with van der Waals surface area (Å²) < 4.78 is 40.6. The molecular formula is C28H24N4O4S. The highest BCUT2D eigenvalue weighted by molar-refractivity contribution is 7.90. The van der Waals surface area contributed by atoms with E-state index in [2.05, 4.69) is 15.1 Å². The van der Waals surface area contributed by atoms with E-state index >= 15 is 0 Å². The number of aromatic amines is 1. The summed E-state index contributed by atoms with van der Waals surface area (Å²) in [4.78, 5) is 8.00. The summed E-state index contributed by atoms with van der Waals surface area (Å²) in [7, 11) is -2.41. The van der Waals surface area contributed by atoms with Gasteiger partial charge in [-0.2, -0.15) is 0 Å². The lowest BCUT2D eigenvalue weighted by molar-refractivity contribution is 0.393. The molecule has 1 N–H and O–H groups in total. The number of benzene rings is 2. The van der Waals surface area contributed by atoms with Gasteiger partial charge in [0.05, 0.1) is 23.4 Å². The summed E-state index contributed by atoms with van der Waals surface area (Å²) >= 11 is 0. The van der Waals surface area contributed by atoms with Crippen molar-refractivity contribution < 1.29 is 17.7 Å². The third kappa shape index (κ3) is 3.54. The van der Waals surface area contributed by atoms with Gasteiger partial charge in [-0.15, -0.1) is 0 Å². The smallest absolute Gasteiger partial charge is 0.269 e. The summed E-state index contributed by atoms with van der Waals surface area (Å²) in [5.74, 6) is 1.32. The van der Waals surface area contributed by atoms with Crippen LogP contribution in [0.2, 0.25) is 0 Å². The Morgan fingerprint density at radius 1 is 0.946 bits per heavy atom. The summed E-state index contributed by atoms with van der Waals surface area (Å²) in [5, 5.41) is 5.62. The fourth-order valence-corrected chi connectivity index (χ4v) is 6.32. The molecule has 186 valence electrons. The third-order valence-electron chi connectivity index (χ3n) is 6.69. The van der Waals surface area contributed by atoms with Gasteiger partial charge in [-0.05, 0) is 68.8 Å². The predicted molar refractivity (Wildman–Crippen MR) is 142 cm³/mol. The van der Waals surface area contributed by atoms with Gasteiger partial charge >= 0.3 is 0 Å². The molecule has 0 unspecified atom stereocenters. The number of aromatic nitrogens is 4. The molecular weight excluding hydrogens is 488 g/mol. The highest BCUT2D eigenvalue weighted by Crippen LogP contribution is 2.40. The first-order chi connectivity index (χ1) is 17.8. The van der Waals surface area contributed by atoms with E-state index in [1.165, 1.54) is 3.97 Å². The normalized spacial score (nSPS) is 12.0. The molecule has 0 fully saturated rings. The Kier molecular flexibility index (Phi) is 5.20. The van der Waals surface area contributed by atoms with Crippen molar-refractivity contribution in [3.05, 3.63) is 84.0 Å². The van der Waals surface area contributed by atoms with Crippen LogP contribution in [-0.4, -0.2) is 34.6 Å². The molecule has 0 saturated carbocycles. The summed E-state index contributed by atoms with van der Waals surface area (Å²) in [5.41, 5.74) is 5.71. The Morgan fingerprint density at radius 2 is 1.73 bits per heavy atom. The highest BCUT2D eigenvalue weighted by atomic mass is 32.2. The van der Waals surface area contributed by atoms with Crippen molar-refractivity contribution in [2.45, 2.75) is 25.7 Å². The Hall–Kier alpha value is -4.37. The first kappa shape index (κ1) is 23.1. The molecule has 0 spiro atoms. The number of ether oxygens (including phenoxy) is 1. The average molecular weight is 513 g/mol. The summed E-state index contributed by atoms with van der Waals surface area (Å²) in [6.45, 7) is 5.63. The van der Waals surface area contributed by atoms with Crippen LogP contribution in [0, 0.1) is 20.8 Å². The maximum atomic E-state index is 14.2. The first-order valence-corrected chi connectivity index (χ1v) is 13.1. The molecule has 37 heavy (non-hydrogen) atoms. The summed E-state index contributed by atoms with van der Waals surface area (Å²) in [6.07, 6.45) is 3.43. The fraction of sp³-hybridized carbons (Fsp3) is 0.143. The van der Waals surface area contributed by atoms with Crippen molar-refractivity contribution in [2.24, 2.45) is 0 Å². The fourth-order valence-electron chi connectivity index (χ4n) is 4.85. The second-order valence-corrected chi connectivity index (χ2v) is 10.8. The Morgan fingerprint density at radius 3 is 2.43 bits per heavy atom. The van der Waals surface area contributed by atoms with Crippen molar-refractivity contribution in [2.75, 3.05) is 7.11 Å². The van der Waals surface area contributed by atoms with E-state index in [0.717, 1.165) is 33.3 Å². The van der Waals surface area contributed by atoms with E-state index in [1.54, 1.807) is 37.6 Å². The molecule has 8 nitrogen and oxygen atoms in total. The van der Waals surface area contributed by atoms with Crippen LogP contribution in [0.4, 0.5) is 0 Å². The number of aryl methyl sites for hydroxylation is 3. The minimum absolute atomic E-state index is 0.179. The third-order valence-corrected chi connectivity index (χ3v) is 8.41. The molecule has 0 atom stereocenters. The number of rotatable bonds is 5. The largest absolute Gasteiger partial charge is 0.497 e. The molecule has 6 aromatic rings. The first-order valence-electron chi connectivity index (χ1n) is 11.7.